The smallest absolute Gasteiger partial charge is 0.398 e. The Morgan fingerprint density at radius 1 is 1.50 bits per heavy atom. The number of carbonyl (C=O) groups is 1. The van der Waals surface area contributed by atoms with Crippen LogP contribution in [0.15, 0.2) is 18.2 Å². The second kappa shape index (κ2) is 4.36. The van der Waals surface area contributed by atoms with Gasteiger partial charge in [-0.25, -0.2) is 10.3 Å². The zero-order valence-corrected chi connectivity index (χ0v) is 8.13. The zero-order chi connectivity index (χ0) is 10.6. The largest absolute Gasteiger partial charge is 0.431 e. The van der Waals surface area contributed by atoms with Crippen molar-refractivity contribution in [2.75, 3.05) is 18.3 Å². The first-order valence-corrected chi connectivity index (χ1v) is 4.14. The summed E-state index contributed by atoms with van der Waals surface area (Å²) in [4.78, 5) is 15.3. The molecule has 1 aromatic rings. The molecule has 0 radical (unpaired) electrons. The molecule has 0 heterocycles. The predicted molar refractivity (Wildman–Crippen MR) is 54.8 cm³/mol. The van der Waals surface area contributed by atoms with E-state index in [0.717, 1.165) is 5.56 Å². The molecule has 0 spiro atoms. The Kier molecular flexibility index (Phi) is 3.17. The van der Waals surface area contributed by atoms with Gasteiger partial charge >= 0.3 is 6.09 Å². The van der Waals surface area contributed by atoms with Crippen LogP contribution in [0.25, 0.3) is 0 Å². The van der Waals surface area contributed by atoms with E-state index in [1.807, 2.05) is 13.0 Å². The number of hydrogen-bond acceptors (Lipinski definition) is 4. The minimum absolute atomic E-state index is 0.552. The summed E-state index contributed by atoms with van der Waals surface area (Å²) >= 11 is 0. The number of nitrogens with two attached hydrogens (primary N) is 1. The first-order chi connectivity index (χ1) is 6.63. The van der Waals surface area contributed by atoms with Gasteiger partial charge in [0.15, 0.2) is 0 Å². The van der Waals surface area contributed by atoms with E-state index in [2.05, 4.69) is 15.6 Å². The first-order valence-electron chi connectivity index (χ1n) is 4.14. The van der Waals surface area contributed by atoms with Crippen LogP contribution in [0.1, 0.15) is 5.56 Å². The van der Waals surface area contributed by atoms with Crippen molar-refractivity contribution in [2.45, 2.75) is 6.92 Å². The van der Waals surface area contributed by atoms with E-state index in [1.54, 1.807) is 12.1 Å². The van der Waals surface area contributed by atoms with E-state index < -0.39 is 6.09 Å². The highest BCUT2D eigenvalue weighted by Crippen LogP contribution is 2.16. The molecule has 0 aliphatic heterocycles. The fourth-order valence-electron chi connectivity index (χ4n) is 0.860. The molecule has 0 bridgehead atoms. The van der Waals surface area contributed by atoms with Crippen LogP contribution in [0.5, 0.6) is 0 Å². The fraction of sp³-hybridized carbons (Fsp3) is 0.222. The number of rotatable bonds is 2. The third-order valence-electron chi connectivity index (χ3n) is 1.74. The van der Waals surface area contributed by atoms with Gasteiger partial charge in [0.25, 0.3) is 0 Å². The van der Waals surface area contributed by atoms with Crippen molar-refractivity contribution in [3.05, 3.63) is 23.8 Å². The normalized spacial score (nSPS) is 9.29. The van der Waals surface area contributed by atoms with Crippen molar-refractivity contribution < 1.29 is 9.63 Å². The second-order valence-electron chi connectivity index (χ2n) is 2.81. The molecule has 5 heteroatoms. The monoisotopic (exact) mass is 195 g/mol. The van der Waals surface area contributed by atoms with Crippen molar-refractivity contribution in [3.8, 4) is 0 Å². The van der Waals surface area contributed by atoms with E-state index in [4.69, 9.17) is 5.73 Å². The van der Waals surface area contributed by atoms with Gasteiger partial charge in [0.1, 0.15) is 0 Å². The molecule has 5 nitrogen and oxygen atoms in total. The maximum atomic E-state index is 10.7. The first kappa shape index (κ1) is 10.2. The molecule has 4 N–H and O–H groups in total. The van der Waals surface area contributed by atoms with Gasteiger partial charge in [0.2, 0.25) is 0 Å². The number of anilines is 2. The molecule has 0 saturated heterocycles. The zero-order valence-electron chi connectivity index (χ0n) is 8.13. The topological polar surface area (TPSA) is 76.4 Å². The van der Waals surface area contributed by atoms with Crippen LogP contribution < -0.4 is 16.5 Å². The third-order valence-corrected chi connectivity index (χ3v) is 1.74. The third kappa shape index (κ3) is 2.55. The van der Waals surface area contributed by atoms with Crippen molar-refractivity contribution in [1.82, 2.24) is 5.32 Å². The molecule has 76 valence electrons. The Morgan fingerprint density at radius 3 is 2.79 bits per heavy atom. The lowest BCUT2D eigenvalue weighted by Crippen LogP contribution is -2.22. The molecular weight excluding hydrogens is 182 g/mol. The molecule has 0 aromatic heterocycles. The van der Waals surface area contributed by atoms with Crippen LogP contribution in [0, 0.1) is 6.92 Å². The number of hydrogen-bond donors (Lipinski definition) is 3. The van der Waals surface area contributed by atoms with E-state index in [-0.39, 0.29) is 0 Å². The molecule has 0 aliphatic carbocycles. The molecule has 0 aliphatic rings. The molecule has 0 unspecified atom stereocenters. The molecule has 1 rings (SSSR count). The Balaban J connectivity index is 2.60. The summed E-state index contributed by atoms with van der Waals surface area (Å²) < 4.78 is 0. The quantitative estimate of drug-likeness (QED) is 0.490. The van der Waals surface area contributed by atoms with E-state index in [0.29, 0.717) is 11.4 Å². The predicted octanol–water partition coefficient (Wildman–Crippen LogP) is 1.26. The minimum Gasteiger partial charge on any atom is -0.398 e. The van der Waals surface area contributed by atoms with Crippen molar-refractivity contribution in [2.24, 2.45) is 0 Å². The fourth-order valence-corrected chi connectivity index (χ4v) is 0.860. The number of nitrogen functional groups attached to an aromatic ring is 1. The van der Waals surface area contributed by atoms with Gasteiger partial charge in [0, 0.05) is 12.7 Å². The van der Waals surface area contributed by atoms with Crippen LogP contribution in [0.4, 0.5) is 16.2 Å². The summed E-state index contributed by atoms with van der Waals surface area (Å²) in [6, 6.07) is 5.30. The highest BCUT2D eigenvalue weighted by Gasteiger charge is 1.99. The van der Waals surface area contributed by atoms with Gasteiger partial charge in [-0.1, -0.05) is 6.07 Å². The summed E-state index contributed by atoms with van der Waals surface area (Å²) in [5.41, 5.74) is 10.4. The van der Waals surface area contributed by atoms with E-state index in [1.165, 1.54) is 7.05 Å². The van der Waals surface area contributed by atoms with Gasteiger partial charge in [-0.3, -0.25) is 0 Å². The molecule has 1 aromatic carbocycles. The lowest BCUT2D eigenvalue weighted by Gasteiger charge is -2.07. The van der Waals surface area contributed by atoms with E-state index >= 15 is 0 Å². The molecule has 14 heavy (non-hydrogen) atoms. The Bertz CT molecular complexity index is 339. The summed E-state index contributed by atoms with van der Waals surface area (Å²) in [7, 11) is 1.48. The molecule has 1 amide bonds. The number of aryl methyl sites for hydroxylation is 1. The van der Waals surface area contributed by atoms with Crippen LogP contribution in [0.2, 0.25) is 0 Å². The average Bonchev–Trinajstić information content (AvgIpc) is 2.19. The summed E-state index contributed by atoms with van der Waals surface area (Å²) in [5.74, 6) is 0. The minimum atomic E-state index is -0.552. The van der Waals surface area contributed by atoms with Gasteiger partial charge in [-0.2, -0.15) is 0 Å². The van der Waals surface area contributed by atoms with E-state index in [9.17, 15) is 4.79 Å². The number of carbonyl (C=O) groups excluding carboxylic acids is 1. The maximum absolute atomic E-state index is 10.7. The Labute approximate surface area is 82.2 Å². The SMILES string of the molecule is CNC(=O)ONc1ccc(C)c(N)c1. The standard InChI is InChI=1S/C9H13N3O2/c1-6-3-4-7(5-8(6)10)12-14-9(13)11-2/h3-5,12H,10H2,1-2H3,(H,11,13). The number of nitrogens with one attached hydrogen (secondary N) is 2. The van der Waals surface area contributed by atoms with Gasteiger partial charge in [-0.15, -0.1) is 0 Å². The van der Waals surface area contributed by atoms with Crippen LogP contribution in [-0.4, -0.2) is 13.1 Å². The van der Waals surface area contributed by atoms with Crippen molar-refractivity contribution >= 4 is 17.5 Å². The van der Waals surface area contributed by atoms with Crippen molar-refractivity contribution in [1.29, 1.82) is 0 Å². The summed E-state index contributed by atoms with van der Waals surface area (Å²) in [6.45, 7) is 1.90. The van der Waals surface area contributed by atoms with Crippen LogP contribution in [-0.2, 0) is 4.84 Å². The molecular formula is C9H13N3O2. The highest BCUT2D eigenvalue weighted by atomic mass is 16.7. The molecule has 0 saturated carbocycles. The number of amides is 1. The lowest BCUT2D eigenvalue weighted by atomic mass is 10.2. The molecule has 0 fully saturated rings. The molecule has 0 atom stereocenters. The lowest BCUT2D eigenvalue weighted by molar-refractivity contribution is 0.172. The summed E-state index contributed by atoms with van der Waals surface area (Å²) in [6.07, 6.45) is -0.552. The van der Waals surface area contributed by atoms with Crippen molar-refractivity contribution in [3.63, 3.8) is 0 Å². The highest BCUT2D eigenvalue weighted by molar-refractivity contribution is 5.68. The van der Waals surface area contributed by atoms with Gasteiger partial charge in [0.05, 0.1) is 5.69 Å². The Hall–Kier alpha value is -1.91. The van der Waals surface area contributed by atoms with Gasteiger partial charge in [-0.05, 0) is 24.6 Å². The Morgan fingerprint density at radius 2 is 2.21 bits per heavy atom. The van der Waals surface area contributed by atoms with Crippen LogP contribution >= 0.6 is 0 Å². The average molecular weight is 195 g/mol. The maximum Gasteiger partial charge on any atom is 0.431 e. The van der Waals surface area contributed by atoms with Crippen LogP contribution in [0.3, 0.4) is 0 Å². The summed E-state index contributed by atoms with van der Waals surface area (Å²) in [5, 5.41) is 2.31. The second-order valence-corrected chi connectivity index (χ2v) is 2.81. The van der Waals surface area contributed by atoms with Gasteiger partial charge < -0.3 is 15.9 Å². The number of benzene rings is 1.